The summed E-state index contributed by atoms with van der Waals surface area (Å²) in [7, 11) is 1.39. The number of thiophene rings is 1. The fourth-order valence-corrected chi connectivity index (χ4v) is 8.35. The lowest BCUT2D eigenvalue weighted by Crippen LogP contribution is -2.31. The van der Waals surface area contributed by atoms with Crippen LogP contribution >= 0.6 is 11.3 Å². The molecule has 0 spiro atoms. The minimum atomic E-state index is -0.735. The fraction of sp³-hybridized carbons (Fsp3) is 0.333. The van der Waals surface area contributed by atoms with Crippen LogP contribution in [0, 0.1) is 23.0 Å². The van der Waals surface area contributed by atoms with Crippen molar-refractivity contribution in [1.29, 1.82) is 5.26 Å². The summed E-state index contributed by atoms with van der Waals surface area (Å²) < 4.78 is 56.1. The van der Waals surface area contributed by atoms with Crippen molar-refractivity contribution in [2.75, 3.05) is 49.7 Å². The smallest absolute Gasteiger partial charge is 0.318 e. The van der Waals surface area contributed by atoms with E-state index in [1.165, 1.54) is 38.2 Å². The van der Waals surface area contributed by atoms with Crippen molar-refractivity contribution in [2.45, 2.75) is 44.4 Å². The lowest BCUT2D eigenvalue weighted by Gasteiger charge is -2.30. The quantitative estimate of drug-likeness (QED) is 0.197. The summed E-state index contributed by atoms with van der Waals surface area (Å²) >= 11 is 0.930. The maximum absolute atomic E-state index is 16.9. The largest absolute Gasteiger partial charge is 0.490 e. The summed E-state index contributed by atoms with van der Waals surface area (Å²) in [6.07, 6.45) is 5.89. The van der Waals surface area contributed by atoms with Gasteiger partial charge in [0.25, 0.3) is 0 Å². The second kappa shape index (κ2) is 13.3. The zero-order valence-corrected chi connectivity index (χ0v) is 28.4. The number of hydrogen-bond donors (Lipinski definition) is 2. The zero-order chi connectivity index (χ0) is 35.3. The van der Waals surface area contributed by atoms with Crippen LogP contribution in [0.15, 0.2) is 37.0 Å². The summed E-state index contributed by atoms with van der Waals surface area (Å²) in [6, 6.07) is 8.57. The number of nitrogen functional groups attached to an aromatic ring is 2. The Balaban J connectivity index is 0.000000375. The predicted octanol–water partition coefficient (Wildman–Crippen LogP) is 7.02. The lowest BCUT2D eigenvalue weighted by atomic mass is 9.92. The zero-order valence-electron chi connectivity index (χ0n) is 27.5. The van der Waals surface area contributed by atoms with Gasteiger partial charge in [0.1, 0.15) is 52.6 Å². The Labute approximate surface area is 290 Å². The summed E-state index contributed by atoms with van der Waals surface area (Å²) in [6.45, 7) is 8.31. The summed E-state index contributed by atoms with van der Waals surface area (Å²) in [5, 5.41) is 10.5. The molecular formula is C36H35F3N8O2S. The summed E-state index contributed by atoms with van der Waals surface area (Å²) in [5.74, 6) is -0.258. The van der Waals surface area contributed by atoms with Crippen LogP contribution < -0.4 is 25.8 Å². The highest BCUT2D eigenvalue weighted by Gasteiger charge is 2.35. The highest BCUT2D eigenvalue weighted by Crippen LogP contribution is 2.50. The van der Waals surface area contributed by atoms with Gasteiger partial charge in [0.15, 0.2) is 5.82 Å². The Morgan fingerprint density at radius 1 is 1.20 bits per heavy atom. The first kappa shape index (κ1) is 33.4. The highest BCUT2D eigenvalue weighted by molar-refractivity contribution is 7.23. The van der Waals surface area contributed by atoms with Crippen LogP contribution in [0.1, 0.15) is 48.9 Å². The van der Waals surface area contributed by atoms with E-state index in [-0.39, 0.29) is 56.0 Å². The Bertz CT molecular complexity index is 2180. The average Bonchev–Trinajstić information content (AvgIpc) is 3.76. The molecule has 14 heteroatoms. The Morgan fingerprint density at radius 2 is 2.02 bits per heavy atom. The van der Waals surface area contributed by atoms with Crippen LogP contribution in [0.2, 0.25) is 0 Å². The minimum absolute atomic E-state index is 0.0477. The van der Waals surface area contributed by atoms with Crippen molar-refractivity contribution in [3.8, 4) is 29.0 Å². The lowest BCUT2D eigenvalue weighted by molar-refractivity contribution is 0.292. The number of methoxy groups -OCH3 is 1. The third kappa shape index (κ3) is 5.50. The number of alkyl halides is 1. The van der Waals surface area contributed by atoms with Gasteiger partial charge in [0, 0.05) is 40.9 Å². The first-order chi connectivity index (χ1) is 24.2. The van der Waals surface area contributed by atoms with E-state index >= 15 is 4.39 Å². The number of rotatable bonds is 5. The average molecular weight is 701 g/mol. The normalized spacial score (nSPS) is 18.9. The molecule has 0 bridgehead atoms. The molecule has 50 heavy (non-hydrogen) atoms. The van der Waals surface area contributed by atoms with Gasteiger partial charge < -0.3 is 25.8 Å². The number of ether oxygens (including phenoxy) is 2. The third-order valence-electron chi connectivity index (χ3n) is 9.72. The molecular weight excluding hydrogens is 666 g/mol. The molecule has 258 valence electrons. The minimum Gasteiger partial charge on any atom is -0.490 e. The van der Waals surface area contributed by atoms with Gasteiger partial charge in [-0.15, -0.1) is 11.3 Å². The number of halogens is 3. The standard InChI is InChI=1S/C29H23F2N7O2S.C7H12FN/c1-4-14-19(16-7-8-18(30)25-20(16)17(12-32)27(34)41-25)22(31)23-21-24(14)40-11-10-38(28(21)37-29(36-23)39-3)13(2)15-6-5-9-35-26(15)33;8-6-4-7-2-1-3-9(7)5-6/h4-9,13H,1,10-11,34H2,2-3H3,(H2,33,35);6-7H,1-5H2. The molecule has 5 aromatic rings. The molecule has 4 N–H and O–H groups in total. The number of nitrogens with zero attached hydrogens (tertiary/aromatic N) is 6. The van der Waals surface area contributed by atoms with E-state index in [1.807, 2.05) is 24.0 Å². The van der Waals surface area contributed by atoms with Crippen molar-refractivity contribution in [3.05, 3.63) is 65.4 Å². The van der Waals surface area contributed by atoms with Crippen molar-refractivity contribution >= 4 is 55.0 Å². The van der Waals surface area contributed by atoms with Crippen LogP contribution in [0.3, 0.4) is 0 Å². The number of benzene rings is 2. The molecule has 0 amide bonds. The van der Waals surface area contributed by atoms with Crippen LogP contribution in [-0.4, -0.2) is 65.4 Å². The summed E-state index contributed by atoms with van der Waals surface area (Å²) in [4.78, 5) is 17.4. The van der Waals surface area contributed by atoms with Gasteiger partial charge in [-0.25, -0.2) is 18.2 Å². The van der Waals surface area contributed by atoms with Gasteiger partial charge in [-0.1, -0.05) is 24.8 Å². The van der Waals surface area contributed by atoms with E-state index in [2.05, 4.69) is 26.4 Å². The van der Waals surface area contributed by atoms with E-state index in [9.17, 15) is 14.0 Å². The Hall–Kier alpha value is -5.13. The molecule has 2 aromatic carbocycles. The number of pyridine rings is 1. The first-order valence-corrected chi connectivity index (χ1v) is 17.1. The van der Waals surface area contributed by atoms with Gasteiger partial charge >= 0.3 is 6.01 Å². The van der Waals surface area contributed by atoms with Crippen molar-refractivity contribution < 1.29 is 22.6 Å². The van der Waals surface area contributed by atoms with Gasteiger partial charge in [0.05, 0.1) is 35.3 Å². The van der Waals surface area contributed by atoms with E-state index in [4.69, 9.17) is 20.9 Å². The molecule has 3 aliphatic heterocycles. The maximum Gasteiger partial charge on any atom is 0.318 e. The molecule has 3 aromatic heterocycles. The number of fused-ring (bicyclic) bond motifs is 2. The van der Waals surface area contributed by atoms with E-state index in [0.29, 0.717) is 47.5 Å². The van der Waals surface area contributed by atoms with Crippen LogP contribution in [0.25, 0.3) is 38.2 Å². The van der Waals surface area contributed by atoms with E-state index in [1.54, 1.807) is 12.3 Å². The topological polar surface area (TPSA) is 139 Å². The van der Waals surface area contributed by atoms with Crippen molar-refractivity contribution in [2.24, 2.45) is 0 Å². The molecule has 3 aliphatic rings. The Morgan fingerprint density at radius 3 is 2.74 bits per heavy atom. The van der Waals surface area contributed by atoms with Crippen LogP contribution in [-0.2, 0) is 0 Å². The molecule has 6 heterocycles. The maximum atomic E-state index is 16.9. The first-order valence-electron chi connectivity index (χ1n) is 16.3. The monoisotopic (exact) mass is 700 g/mol. The van der Waals surface area contributed by atoms with E-state index in [0.717, 1.165) is 29.9 Å². The number of aromatic nitrogens is 3. The van der Waals surface area contributed by atoms with Crippen molar-refractivity contribution in [3.63, 3.8) is 0 Å². The van der Waals surface area contributed by atoms with Gasteiger partial charge in [-0.05, 0) is 50.4 Å². The molecule has 3 unspecified atom stereocenters. The van der Waals surface area contributed by atoms with Crippen LogP contribution in [0.5, 0.6) is 11.8 Å². The third-order valence-corrected chi connectivity index (χ3v) is 10.8. The molecule has 8 rings (SSSR count). The Kier molecular flexibility index (Phi) is 8.87. The highest BCUT2D eigenvalue weighted by atomic mass is 32.1. The molecule has 2 fully saturated rings. The van der Waals surface area contributed by atoms with Gasteiger partial charge in [-0.3, -0.25) is 4.90 Å². The molecule has 0 radical (unpaired) electrons. The second-order valence-electron chi connectivity index (χ2n) is 12.5. The summed E-state index contributed by atoms with van der Waals surface area (Å²) in [5.41, 5.74) is 13.6. The second-order valence-corrected chi connectivity index (χ2v) is 13.5. The molecule has 10 nitrogen and oxygen atoms in total. The van der Waals surface area contributed by atoms with Gasteiger partial charge in [0.2, 0.25) is 0 Å². The number of anilines is 3. The molecule has 2 saturated heterocycles. The molecule has 0 aliphatic carbocycles. The molecule has 0 saturated carbocycles. The van der Waals surface area contributed by atoms with Crippen molar-refractivity contribution in [1.82, 2.24) is 19.9 Å². The molecule has 3 atom stereocenters. The van der Waals surface area contributed by atoms with Crippen LogP contribution in [0.4, 0.5) is 29.8 Å². The fourth-order valence-electron chi connectivity index (χ4n) is 7.40. The number of hydrogen-bond acceptors (Lipinski definition) is 11. The SMILES string of the molecule is C=Cc1c(-c2ccc(F)c3sc(N)c(C#N)c23)c(F)c2nc(OC)nc3c2c1OCCN3C(C)c1cccnc1N.FC1CC2CCCN2C1. The van der Waals surface area contributed by atoms with E-state index < -0.39 is 17.8 Å². The predicted molar refractivity (Wildman–Crippen MR) is 190 cm³/mol. The number of nitriles is 1. The number of nitrogens with two attached hydrogens (primary N) is 2. The van der Waals surface area contributed by atoms with Gasteiger partial charge in [-0.2, -0.15) is 15.2 Å².